The van der Waals surface area contributed by atoms with Crippen LogP contribution in [0.25, 0.3) is 0 Å². The van der Waals surface area contributed by atoms with Gasteiger partial charge >= 0.3 is 0 Å². The van der Waals surface area contributed by atoms with Crippen molar-refractivity contribution in [1.29, 1.82) is 0 Å². The van der Waals surface area contributed by atoms with Crippen molar-refractivity contribution in [2.24, 2.45) is 0 Å². The molecule has 1 aromatic rings. The van der Waals surface area contributed by atoms with Gasteiger partial charge in [-0.25, -0.2) is 0 Å². The SMILES string of the molecule is CNC(C)CCS(=O)c1ccc(C)cc1C. The molecule has 0 aliphatic carbocycles. The monoisotopic (exact) mass is 239 g/mol. The van der Waals surface area contributed by atoms with E-state index in [9.17, 15) is 4.21 Å². The van der Waals surface area contributed by atoms with E-state index in [1.54, 1.807) is 0 Å². The van der Waals surface area contributed by atoms with E-state index in [0.29, 0.717) is 6.04 Å². The van der Waals surface area contributed by atoms with E-state index >= 15 is 0 Å². The fourth-order valence-electron chi connectivity index (χ4n) is 1.59. The van der Waals surface area contributed by atoms with Gasteiger partial charge in [-0.05, 0) is 45.9 Å². The van der Waals surface area contributed by atoms with Crippen LogP contribution in [-0.4, -0.2) is 23.1 Å². The van der Waals surface area contributed by atoms with Gasteiger partial charge in [0.05, 0.1) is 10.8 Å². The third kappa shape index (κ3) is 3.72. The van der Waals surface area contributed by atoms with Crippen LogP contribution in [0.4, 0.5) is 0 Å². The molecule has 2 unspecified atom stereocenters. The summed E-state index contributed by atoms with van der Waals surface area (Å²) < 4.78 is 12.1. The lowest BCUT2D eigenvalue weighted by atomic mass is 10.2. The fourth-order valence-corrected chi connectivity index (χ4v) is 3.02. The van der Waals surface area contributed by atoms with Gasteiger partial charge in [-0.1, -0.05) is 17.7 Å². The third-order valence-electron chi connectivity index (χ3n) is 2.80. The number of rotatable bonds is 5. The molecule has 90 valence electrons. The molecule has 0 saturated heterocycles. The van der Waals surface area contributed by atoms with Crippen molar-refractivity contribution in [2.75, 3.05) is 12.8 Å². The Labute approximate surface area is 101 Å². The lowest BCUT2D eigenvalue weighted by Gasteiger charge is -2.11. The van der Waals surface area contributed by atoms with Crippen molar-refractivity contribution < 1.29 is 4.21 Å². The Morgan fingerprint density at radius 1 is 1.38 bits per heavy atom. The lowest BCUT2D eigenvalue weighted by molar-refractivity contribution is 0.591. The van der Waals surface area contributed by atoms with Crippen LogP contribution in [-0.2, 0) is 10.8 Å². The standard InChI is InChI=1S/C13H21NOS/c1-10-5-6-13(11(2)9-10)16(15)8-7-12(3)14-4/h5-6,9,12,14H,7-8H2,1-4H3. The Bertz CT molecular complexity index is 376. The van der Waals surface area contributed by atoms with Crippen LogP contribution in [0, 0.1) is 13.8 Å². The van der Waals surface area contributed by atoms with E-state index in [2.05, 4.69) is 25.2 Å². The quantitative estimate of drug-likeness (QED) is 0.855. The number of nitrogens with one attached hydrogen (secondary N) is 1. The molecule has 0 aliphatic rings. The van der Waals surface area contributed by atoms with E-state index in [-0.39, 0.29) is 0 Å². The molecular formula is C13H21NOS. The van der Waals surface area contributed by atoms with Crippen LogP contribution in [0.2, 0.25) is 0 Å². The van der Waals surface area contributed by atoms with Crippen molar-refractivity contribution in [3.63, 3.8) is 0 Å². The molecule has 0 bridgehead atoms. The third-order valence-corrected chi connectivity index (χ3v) is 4.36. The molecule has 0 amide bonds. The Hall–Kier alpha value is -0.670. The zero-order valence-corrected chi connectivity index (χ0v) is 11.4. The van der Waals surface area contributed by atoms with Crippen LogP contribution < -0.4 is 5.32 Å². The van der Waals surface area contributed by atoms with E-state index < -0.39 is 10.8 Å². The summed E-state index contributed by atoms with van der Waals surface area (Å²) in [5, 5.41) is 3.16. The molecule has 0 aliphatic heterocycles. The van der Waals surface area contributed by atoms with Crippen LogP contribution in [0.15, 0.2) is 23.1 Å². The largest absolute Gasteiger partial charge is 0.317 e. The smallest absolute Gasteiger partial charge is 0.0532 e. The first kappa shape index (κ1) is 13.4. The summed E-state index contributed by atoms with van der Waals surface area (Å²) in [5.41, 5.74) is 2.36. The average molecular weight is 239 g/mol. The van der Waals surface area contributed by atoms with Gasteiger partial charge in [-0.2, -0.15) is 0 Å². The van der Waals surface area contributed by atoms with Gasteiger partial charge in [0.1, 0.15) is 0 Å². The normalized spacial score (nSPS) is 14.8. The summed E-state index contributed by atoms with van der Waals surface area (Å²) in [6.45, 7) is 6.20. The van der Waals surface area contributed by atoms with Crippen LogP contribution in [0.1, 0.15) is 24.5 Å². The van der Waals surface area contributed by atoms with Crippen molar-refractivity contribution in [2.45, 2.75) is 38.1 Å². The second kappa shape index (κ2) is 6.16. The van der Waals surface area contributed by atoms with Gasteiger partial charge in [0, 0.05) is 16.7 Å². The molecule has 0 saturated carbocycles. The number of aryl methyl sites for hydroxylation is 2. The van der Waals surface area contributed by atoms with Crippen LogP contribution in [0.5, 0.6) is 0 Å². The first-order chi connectivity index (χ1) is 7.54. The molecular weight excluding hydrogens is 218 g/mol. The van der Waals surface area contributed by atoms with Gasteiger partial charge in [0.15, 0.2) is 0 Å². The molecule has 1 rings (SSSR count). The van der Waals surface area contributed by atoms with E-state index in [1.165, 1.54) is 5.56 Å². The predicted octanol–water partition coefficient (Wildman–Crippen LogP) is 2.41. The Balaban J connectivity index is 2.66. The van der Waals surface area contributed by atoms with Gasteiger partial charge in [0.25, 0.3) is 0 Å². The van der Waals surface area contributed by atoms with E-state index in [0.717, 1.165) is 22.6 Å². The van der Waals surface area contributed by atoms with E-state index in [1.807, 2.05) is 26.1 Å². The molecule has 2 nitrogen and oxygen atoms in total. The molecule has 0 aromatic heterocycles. The maximum atomic E-state index is 12.1. The molecule has 0 spiro atoms. The molecule has 1 N–H and O–H groups in total. The van der Waals surface area contributed by atoms with Crippen LogP contribution >= 0.6 is 0 Å². The van der Waals surface area contributed by atoms with Gasteiger partial charge in [-0.15, -0.1) is 0 Å². The minimum atomic E-state index is -0.865. The topological polar surface area (TPSA) is 29.1 Å². The average Bonchev–Trinajstić information content (AvgIpc) is 2.25. The zero-order valence-electron chi connectivity index (χ0n) is 10.5. The highest BCUT2D eigenvalue weighted by molar-refractivity contribution is 7.85. The number of hydrogen-bond acceptors (Lipinski definition) is 2. The Morgan fingerprint density at radius 3 is 2.62 bits per heavy atom. The van der Waals surface area contributed by atoms with Gasteiger partial charge in [-0.3, -0.25) is 4.21 Å². The highest BCUT2D eigenvalue weighted by atomic mass is 32.2. The highest BCUT2D eigenvalue weighted by Crippen LogP contribution is 2.15. The lowest BCUT2D eigenvalue weighted by Crippen LogP contribution is -2.23. The summed E-state index contributed by atoms with van der Waals surface area (Å²) >= 11 is 0. The molecule has 1 aromatic carbocycles. The summed E-state index contributed by atoms with van der Waals surface area (Å²) in [6, 6.07) is 6.54. The minimum absolute atomic E-state index is 0.426. The molecule has 0 fully saturated rings. The van der Waals surface area contributed by atoms with Gasteiger partial charge < -0.3 is 5.32 Å². The summed E-state index contributed by atoms with van der Waals surface area (Å²) in [7, 11) is 1.07. The first-order valence-corrected chi connectivity index (χ1v) is 6.99. The number of benzene rings is 1. The van der Waals surface area contributed by atoms with Crippen molar-refractivity contribution in [3.8, 4) is 0 Å². The second-order valence-corrected chi connectivity index (χ2v) is 5.84. The fraction of sp³-hybridized carbons (Fsp3) is 0.538. The Kier molecular flexibility index (Phi) is 5.16. The summed E-state index contributed by atoms with van der Waals surface area (Å²) in [4.78, 5) is 0.980. The molecule has 16 heavy (non-hydrogen) atoms. The molecule has 0 radical (unpaired) electrons. The van der Waals surface area contributed by atoms with Crippen LogP contribution in [0.3, 0.4) is 0 Å². The summed E-state index contributed by atoms with van der Waals surface area (Å²) in [6.07, 6.45) is 0.941. The first-order valence-electron chi connectivity index (χ1n) is 5.67. The predicted molar refractivity (Wildman–Crippen MR) is 70.3 cm³/mol. The van der Waals surface area contributed by atoms with Crippen molar-refractivity contribution >= 4 is 10.8 Å². The maximum absolute atomic E-state index is 12.1. The Morgan fingerprint density at radius 2 is 2.06 bits per heavy atom. The highest BCUT2D eigenvalue weighted by Gasteiger charge is 2.08. The second-order valence-electron chi connectivity index (χ2n) is 4.30. The zero-order chi connectivity index (χ0) is 12.1. The molecule has 2 atom stereocenters. The maximum Gasteiger partial charge on any atom is 0.0532 e. The molecule has 0 heterocycles. The van der Waals surface area contributed by atoms with E-state index in [4.69, 9.17) is 0 Å². The molecule has 3 heteroatoms. The number of hydrogen-bond donors (Lipinski definition) is 1. The minimum Gasteiger partial charge on any atom is -0.317 e. The van der Waals surface area contributed by atoms with Gasteiger partial charge in [0.2, 0.25) is 0 Å². The van der Waals surface area contributed by atoms with Crippen molar-refractivity contribution in [1.82, 2.24) is 5.32 Å². The van der Waals surface area contributed by atoms with Crippen molar-refractivity contribution in [3.05, 3.63) is 29.3 Å². The summed E-state index contributed by atoms with van der Waals surface area (Å²) in [5.74, 6) is 0.728.